The minimum Gasteiger partial charge on any atom is -0.351 e. The molecule has 2 amide bonds. The van der Waals surface area contributed by atoms with Gasteiger partial charge >= 0.3 is 0 Å². The van der Waals surface area contributed by atoms with Gasteiger partial charge in [0.05, 0.1) is 36.5 Å². The third kappa shape index (κ3) is 4.51. The third-order valence-corrected chi connectivity index (χ3v) is 4.94. The maximum atomic E-state index is 13.3. The number of carbonyl (C=O) groups excluding carboxylic acids is 2. The smallest absolute Gasteiger partial charge is 0.255 e. The Morgan fingerprint density at radius 1 is 1.10 bits per heavy atom. The van der Waals surface area contributed by atoms with E-state index >= 15 is 0 Å². The Balaban J connectivity index is 1.33. The Labute approximate surface area is 167 Å². The molecule has 0 bridgehead atoms. The summed E-state index contributed by atoms with van der Waals surface area (Å²) in [4.78, 5) is 24.8. The zero-order chi connectivity index (χ0) is 20.2. The number of nitrogens with zero attached hydrogens (tertiary/aromatic N) is 2. The summed E-state index contributed by atoms with van der Waals surface area (Å²) in [6.07, 6.45) is 2.21. The van der Waals surface area contributed by atoms with Crippen molar-refractivity contribution in [3.8, 4) is 0 Å². The van der Waals surface area contributed by atoms with Gasteiger partial charge in [-0.25, -0.2) is 4.39 Å². The summed E-state index contributed by atoms with van der Waals surface area (Å²) in [5.74, 6) is -0.717. The summed E-state index contributed by atoms with van der Waals surface area (Å²) >= 11 is 0. The first-order valence-electron chi connectivity index (χ1n) is 9.49. The van der Waals surface area contributed by atoms with Gasteiger partial charge in [-0.2, -0.15) is 5.10 Å². The molecular weight excluding hydrogens is 371 g/mol. The normalized spacial score (nSPS) is 15.0. The molecular formula is C22H21FN4O2. The highest BCUT2D eigenvalue weighted by Gasteiger charge is 2.28. The number of rotatable bonds is 6. The van der Waals surface area contributed by atoms with Crippen LogP contribution in [0.25, 0.3) is 0 Å². The van der Waals surface area contributed by atoms with Gasteiger partial charge in [0.1, 0.15) is 5.82 Å². The molecule has 1 atom stereocenters. The van der Waals surface area contributed by atoms with Crippen LogP contribution in [0.3, 0.4) is 0 Å². The lowest BCUT2D eigenvalue weighted by atomic mass is 10.1. The van der Waals surface area contributed by atoms with Gasteiger partial charge in [-0.05, 0) is 23.3 Å². The highest BCUT2D eigenvalue weighted by Crippen LogP contribution is 2.19. The number of halogens is 1. The lowest BCUT2D eigenvalue weighted by molar-refractivity contribution is -0.121. The largest absolute Gasteiger partial charge is 0.351 e. The highest BCUT2D eigenvalue weighted by molar-refractivity contribution is 5.95. The van der Waals surface area contributed by atoms with Gasteiger partial charge in [0, 0.05) is 13.0 Å². The number of hydrogen-bond donors (Lipinski definition) is 2. The Hall–Kier alpha value is -3.48. The molecule has 0 unspecified atom stereocenters. The molecule has 0 fully saturated rings. The highest BCUT2D eigenvalue weighted by atomic mass is 19.1. The van der Waals surface area contributed by atoms with Gasteiger partial charge in [-0.3, -0.25) is 14.3 Å². The van der Waals surface area contributed by atoms with E-state index in [-0.39, 0.29) is 30.1 Å². The van der Waals surface area contributed by atoms with Gasteiger partial charge in [-0.1, -0.05) is 42.5 Å². The predicted molar refractivity (Wildman–Crippen MR) is 106 cm³/mol. The molecule has 148 valence electrons. The minimum atomic E-state index is -0.359. The van der Waals surface area contributed by atoms with Gasteiger partial charge in [0.25, 0.3) is 5.91 Å². The Morgan fingerprint density at radius 2 is 1.90 bits per heavy atom. The van der Waals surface area contributed by atoms with Crippen LogP contribution in [0, 0.1) is 5.82 Å². The second-order valence-corrected chi connectivity index (χ2v) is 7.13. The zero-order valence-corrected chi connectivity index (χ0v) is 15.8. The molecule has 0 radical (unpaired) electrons. The van der Waals surface area contributed by atoms with Crippen LogP contribution in [0.4, 0.5) is 4.39 Å². The lowest BCUT2D eigenvalue weighted by Crippen LogP contribution is -2.37. The van der Waals surface area contributed by atoms with E-state index < -0.39 is 0 Å². The summed E-state index contributed by atoms with van der Waals surface area (Å²) in [7, 11) is 0. The van der Waals surface area contributed by atoms with E-state index in [0.717, 1.165) is 11.3 Å². The fourth-order valence-electron chi connectivity index (χ4n) is 3.56. The molecule has 3 aromatic rings. The van der Waals surface area contributed by atoms with Gasteiger partial charge in [0.2, 0.25) is 5.91 Å². The Morgan fingerprint density at radius 3 is 2.69 bits per heavy atom. The molecule has 2 heterocycles. The second-order valence-electron chi connectivity index (χ2n) is 7.13. The SMILES string of the molecule is O=C(Cc1cccc(F)c1)N[C@H]1Cc2c(C(=O)NCc3ccccc3)cnn2C1. The summed E-state index contributed by atoms with van der Waals surface area (Å²) in [6.45, 7) is 0.953. The van der Waals surface area contributed by atoms with E-state index in [9.17, 15) is 14.0 Å². The van der Waals surface area contributed by atoms with Crippen molar-refractivity contribution < 1.29 is 14.0 Å². The third-order valence-electron chi connectivity index (χ3n) is 4.94. The van der Waals surface area contributed by atoms with Crippen LogP contribution in [0.2, 0.25) is 0 Å². The number of hydrogen-bond acceptors (Lipinski definition) is 3. The van der Waals surface area contributed by atoms with E-state index in [1.54, 1.807) is 23.0 Å². The molecule has 2 aromatic carbocycles. The molecule has 1 aliphatic heterocycles. The maximum Gasteiger partial charge on any atom is 0.255 e. The number of amides is 2. The molecule has 0 saturated carbocycles. The number of nitrogens with one attached hydrogen (secondary N) is 2. The second kappa shape index (κ2) is 8.26. The predicted octanol–water partition coefficient (Wildman–Crippen LogP) is 2.24. The molecule has 1 aliphatic rings. The van der Waals surface area contributed by atoms with Crippen molar-refractivity contribution in [1.29, 1.82) is 0 Å². The molecule has 7 heteroatoms. The Bertz CT molecular complexity index is 1030. The van der Waals surface area contributed by atoms with Crippen LogP contribution in [0.1, 0.15) is 27.2 Å². The molecule has 2 N–H and O–H groups in total. The van der Waals surface area contributed by atoms with Crippen LogP contribution in [0.15, 0.2) is 60.8 Å². The molecule has 4 rings (SSSR count). The Kier molecular flexibility index (Phi) is 5.37. The monoisotopic (exact) mass is 392 g/mol. The standard InChI is InChI=1S/C22H21FN4O2/c23-17-8-4-7-16(9-17)10-21(28)26-18-11-20-19(13-25-27(20)14-18)22(29)24-12-15-5-2-1-3-6-15/h1-9,13,18H,10-12,14H2,(H,24,29)(H,26,28)/t18-/m0/s1. The van der Waals surface area contributed by atoms with Gasteiger partial charge in [-0.15, -0.1) is 0 Å². The summed E-state index contributed by atoms with van der Waals surface area (Å²) in [6, 6.07) is 15.6. The van der Waals surface area contributed by atoms with Crippen molar-refractivity contribution in [2.75, 3.05) is 0 Å². The van der Waals surface area contributed by atoms with Gasteiger partial charge in [0.15, 0.2) is 0 Å². The van der Waals surface area contributed by atoms with Crippen LogP contribution >= 0.6 is 0 Å². The zero-order valence-electron chi connectivity index (χ0n) is 15.8. The number of carbonyl (C=O) groups is 2. The van der Waals surface area contributed by atoms with E-state index in [1.807, 2.05) is 30.3 Å². The lowest BCUT2D eigenvalue weighted by Gasteiger charge is -2.12. The van der Waals surface area contributed by atoms with Crippen molar-refractivity contribution in [1.82, 2.24) is 20.4 Å². The van der Waals surface area contributed by atoms with E-state index in [4.69, 9.17) is 0 Å². The van der Waals surface area contributed by atoms with Crippen LogP contribution in [-0.2, 0) is 30.7 Å². The fraction of sp³-hybridized carbons (Fsp3) is 0.227. The van der Waals surface area contributed by atoms with Crippen LogP contribution in [0.5, 0.6) is 0 Å². The number of fused-ring (bicyclic) bond motifs is 1. The topological polar surface area (TPSA) is 76.0 Å². The number of benzene rings is 2. The first-order chi connectivity index (χ1) is 14.1. The summed E-state index contributed by atoms with van der Waals surface area (Å²) in [5.41, 5.74) is 2.99. The van der Waals surface area contributed by atoms with E-state index in [1.165, 1.54) is 12.1 Å². The summed E-state index contributed by atoms with van der Waals surface area (Å²) in [5, 5.41) is 10.1. The fourth-order valence-corrected chi connectivity index (χ4v) is 3.56. The van der Waals surface area contributed by atoms with Crippen LogP contribution < -0.4 is 10.6 Å². The van der Waals surface area contributed by atoms with Crippen molar-refractivity contribution in [3.63, 3.8) is 0 Å². The first-order valence-corrected chi connectivity index (χ1v) is 9.49. The number of aromatic nitrogens is 2. The average Bonchev–Trinajstić information content (AvgIpc) is 3.27. The molecule has 6 nitrogen and oxygen atoms in total. The quantitative estimate of drug-likeness (QED) is 0.676. The van der Waals surface area contributed by atoms with E-state index in [0.29, 0.717) is 30.6 Å². The first kappa shape index (κ1) is 18.9. The summed E-state index contributed by atoms with van der Waals surface area (Å²) < 4.78 is 15.0. The minimum absolute atomic E-state index is 0.112. The molecule has 29 heavy (non-hydrogen) atoms. The molecule has 0 saturated heterocycles. The van der Waals surface area contributed by atoms with Crippen molar-refractivity contribution in [2.24, 2.45) is 0 Å². The van der Waals surface area contributed by atoms with Crippen molar-refractivity contribution in [3.05, 3.63) is 89.0 Å². The average molecular weight is 392 g/mol. The van der Waals surface area contributed by atoms with E-state index in [2.05, 4.69) is 15.7 Å². The maximum absolute atomic E-state index is 13.3. The molecule has 0 spiro atoms. The molecule has 1 aromatic heterocycles. The van der Waals surface area contributed by atoms with Crippen molar-refractivity contribution >= 4 is 11.8 Å². The molecule has 0 aliphatic carbocycles. The van der Waals surface area contributed by atoms with Crippen LogP contribution in [-0.4, -0.2) is 27.6 Å². The van der Waals surface area contributed by atoms with Gasteiger partial charge < -0.3 is 10.6 Å². The van der Waals surface area contributed by atoms with Crippen molar-refractivity contribution in [2.45, 2.75) is 32.0 Å².